The molecule has 0 radical (unpaired) electrons. The van der Waals surface area contributed by atoms with Gasteiger partial charge in [0.2, 0.25) is 0 Å². The zero-order valence-corrected chi connectivity index (χ0v) is 9.34. The van der Waals surface area contributed by atoms with Crippen LogP contribution in [-0.2, 0) is 0 Å². The molecule has 0 bridgehead atoms. The first-order valence-electron chi connectivity index (χ1n) is 6.42. The molecule has 0 amide bonds. The summed E-state index contributed by atoms with van der Waals surface area (Å²) < 4.78 is 14.4. The van der Waals surface area contributed by atoms with E-state index in [1.807, 2.05) is 0 Å². The lowest BCUT2D eigenvalue weighted by Gasteiger charge is -2.31. The molecule has 1 saturated carbocycles. The lowest BCUT2D eigenvalue weighted by molar-refractivity contribution is 0.134. The maximum absolute atomic E-state index is 14.4. The van der Waals surface area contributed by atoms with Crippen LogP contribution in [0.3, 0.4) is 0 Å². The van der Waals surface area contributed by atoms with Gasteiger partial charge in [-0.25, -0.2) is 4.39 Å². The van der Waals surface area contributed by atoms with Gasteiger partial charge in [-0.3, -0.25) is 4.90 Å². The molecular weight excluding hydrogens is 191 g/mol. The molecule has 1 aliphatic carbocycles. The smallest absolute Gasteiger partial charge is 0.141 e. The molecule has 2 atom stereocenters. The Hall–Kier alpha value is -0.150. The average Bonchev–Trinajstić information content (AvgIpc) is 2.74. The number of hydrogen-bond donors (Lipinski definition) is 1. The van der Waals surface area contributed by atoms with Crippen molar-refractivity contribution in [3.05, 3.63) is 0 Å². The third-order valence-electron chi connectivity index (χ3n) is 4.55. The molecule has 86 valence electrons. The SMILES string of the molecule is FC12CNCC1CN(C1CCCCC1)C2. The maximum atomic E-state index is 14.4. The van der Waals surface area contributed by atoms with Crippen molar-refractivity contribution in [2.24, 2.45) is 5.92 Å². The van der Waals surface area contributed by atoms with Crippen LogP contribution in [0.4, 0.5) is 4.39 Å². The summed E-state index contributed by atoms with van der Waals surface area (Å²) in [4.78, 5) is 2.44. The van der Waals surface area contributed by atoms with Crippen molar-refractivity contribution in [1.82, 2.24) is 10.2 Å². The number of likely N-dealkylation sites (tertiary alicyclic amines) is 1. The Morgan fingerprint density at radius 2 is 2.00 bits per heavy atom. The molecule has 3 fully saturated rings. The fourth-order valence-electron chi connectivity index (χ4n) is 3.60. The van der Waals surface area contributed by atoms with E-state index in [0.29, 0.717) is 19.1 Å². The lowest BCUT2D eigenvalue weighted by atomic mass is 9.94. The third kappa shape index (κ3) is 1.70. The number of nitrogens with zero attached hydrogens (tertiary/aromatic N) is 1. The first-order valence-corrected chi connectivity index (χ1v) is 6.42. The number of nitrogens with one attached hydrogen (secondary N) is 1. The van der Waals surface area contributed by atoms with Crippen molar-refractivity contribution in [3.63, 3.8) is 0 Å². The van der Waals surface area contributed by atoms with Gasteiger partial charge in [0.15, 0.2) is 0 Å². The predicted octanol–water partition coefficient (Wildman–Crippen LogP) is 1.56. The highest BCUT2D eigenvalue weighted by Crippen LogP contribution is 2.37. The van der Waals surface area contributed by atoms with Crippen LogP contribution in [0.25, 0.3) is 0 Å². The van der Waals surface area contributed by atoms with E-state index in [9.17, 15) is 4.39 Å². The summed E-state index contributed by atoms with van der Waals surface area (Å²) in [5.74, 6) is 0.263. The Balaban J connectivity index is 1.65. The lowest BCUT2D eigenvalue weighted by Crippen LogP contribution is -2.40. The van der Waals surface area contributed by atoms with Crippen molar-refractivity contribution in [2.45, 2.75) is 43.8 Å². The summed E-state index contributed by atoms with van der Waals surface area (Å²) >= 11 is 0. The third-order valence-corrected chi connectivity index (χ3v) is 4.55. The van der Waals surface area contributed by atoms with Crippen molar-refractivity contribution in [1.29, 1.82) is 0 Å². The van der Waals surface area contributed by atoms with Crippen LogP contribution < -0.4 is 5.32 Å². The normalized spacial score (nSPS) is 43.4. The Kier molecular flexibility index (Phi) is 2.48. The fraction of sp³-hybridized carbons (Fsp3) is 1.00. The van der Waals surface area contributed by atoms with Crippen LogP contribution in [0.15, 0.2) is 0 Å². The molecule has 0 aromatic heterocycles. The molecule has 0 aromatic carbocycles. The zero-order valence-electron chi connectivity index (χ0n) is 9.34. The van der Waals surface area contributed by atoms with E-state index in [4.69, 9.17) is 0 Å². The van der Waals surface area contributed by atoms with Gasteiger partial charge in [-0.15, -0.1) is 0 Å². The second kappa shape index (κ2) is 3.70. The van der Waals surface area contributed by atoms with Gasteiger partial charge < -0.3 is 5.32 Å². The second-order valence-electron chi connectivity index (χ2n) is 5.58. The van der Waals surface area contributed by atoms with Gasteiger partial charge in [-0.2, -0.15) is 0 Å². The van der Waals surface area contributed by atoms with E-state index >= 15 is 0 Å². The standard InChI is InChI=1S/C12H21FN2/c13-12-8-14-6-10(12)7-15(9-12)11-4-2-1-3-5-11/h10-11,14H,1-9H2. The van der Waals surface area contributed by atoms with Gasteiger partial charge in [-0.1, -0.05) is 19.3 Å². The monoisotopic (exact) mass is 212 g/mol. The van der Waals surface area contributed by atoms with Crippen LogP contribution in [0, 0.1) is 5.92 Å². The minimum absolute atomic E-state index is 0.263. The highest BCUT2D eigenvalue weighted by atomic mass is 19.1. The molecule has 2 heterocycles. The minimum atomic E-state index is -0.905. The number of halogens is 1. The number of rotatable bonds is 1. The highest BCUT2D eigenvalue weighted by molar-refractivity contribution is 5.05. The quantitative estimate of drug-likeness (QED) is 0.709. The van der Waals surface area contributed by atoms with E-state index in [2.05, 4.69) is 10.2 Å². The number of alkyl halides is 1. The van der Waals surface area contributed by atoms with E-state index in [1.165, 1.54) is 32.1 Å². The first-order chi connectivity index (χ1) is 7.28. The molecular formula is C12H21FN2. The maximum Gasteiger partial charge on any atom is 0.141 e. The van der Waals surface area contributed by atoms with Crippen molar-refractivity contribution in [3.8, 4) is 0 Å². The van der Waals surface area contributed by atoms with Crippen molar-refractivity contribution < 1.29 is 4.39 Å². The Morgan fingerprint density at radius 3 is 2.73 bits per heavy atom. The molecule has 2 unspecified atom stereocenters. The molecule has 2 saturated heterocycles. The van der Waals surface area contributed by atoms with Crippen molar-refractivity contribution >= 4 is 0 Å². The Morgan fingerprint density at radius 1 is 1.20 bits per heavy atom. The zero-order chi connectivity index (χ0) is 10.3. The number of hydrogen-bond acceptors (Lipinski definition) is 2. The van der Waals surface area contributed by atoms with Gasteiger partial charge >= 0.3 is 0 Å². The molecule has 3 heteroatoms. The van der Waals surface area contributed by atoms with Crippen LogP contribution in [0.1, 0.15) is 32.1 Å². The van der Waals surface area contributed by atoms with E-state index in [-0.39, 0.29) is 5.92 Å². The molecule has 0 spiro atoms. The summed E-state index contributed by atoms with van der Waals surface area (Å²) in [6.45, 7) is 3.16. The molecule has 2 nitrogen and oxygen atoms in total. The summed E-state index contributed by atoms with van der Waals surface area (Å²) in [5, 5.41) is 3.19. The molecule has 15 heavy (non-hydrogen) atoms. The summed E-state index contributed by atoms with van der Waals surface area (Å²) in [5.41, 5.74) is -0.905. The summed E-state index contributed by atoms with van der Waals surface area (Å²) in [6.07, 6.45) is 6.69. The highest BCUT2D eigenvalue weighted by Gasteiger charge is 2.51. The van der Waals surface area contributed by atoms with Gasteiger partial charge in [0.1, 0.15) is 5.67 Å². The summed E-state index contributed by atoms with van der Waals surface area (Å²) in [7, 11) is 0. The predicted molar refractivity (Wildman–Crippen MR) is 58.6 cm³/mol. The summed E-state index contributed by atoms with van der Waals surface area (Å²) in [6, 6.07) is 0.692. The fourth-order valence-corrected chi connectivity index (χ4v) is 3.60. The van der Waals surface area contributed by atoms with Gasteiger partial charge in [0.05, 0.1) is 0 Å². The van der Waals surface area contributed by atoms with Crippen LogP contribution >= 0.6 is 0 Å². The second-order valence-corrected chi connectivity index (χ2v) is 5.58. The van der Waals surface area contributed by atoms with E-state index in [0.717, 1.165) is 13.1 Å². The molecule has 1 N–H and O–H groups in total. The Labute approximate surface area is 91.2 Å². The largest absolute Gasteiger partial charge is 0.313 e. The van der Waals surface area contributed by atoms with Crippen LogP contribution in [-0.4, -0.2) is 42.8 Å². The van der Waals surface area contributed by atoms with Gasteiger partial charge in [0, 0.05) is 38.1 Å². The molecule has 3 rings (SSSR count). The van der Waals surface area contributed by atoms with Crippen molar-refractivity contribution in [2.75, 3.05) is 26.2 Å². The van der Waals surface area contributed by atoms with Gasteiger partial charge in [-0.05, 0) is 12.8 Å². The van der Waals surface area contributed by atoms with E-state index in [1.54, 1.807) is 0 Å². The van der Waals surface area contributed by atoms with Crippen LogP contribution in [0.2, 0.25) is 0 Å². The Bertz CT molecular complexity index is 240. The topological polar surface area (TPSA) is 15.3 Å². The first kappa shape index (κ1) is 10.0. The van der Waals surface area contributed by atoms with Gasteiger partial charge in [0.25, 0.3) is 0 Å². The molecule has 3 aliphatic rings. The molecule has 0 aromatic rings. The minimum Gasteiger partial charge on any atom is -0.313 e. The molecule has 2 aliphatic heterocycles. The van der Waals surface area contributed by atoms with Crippen LogP contribution in [0.5, 0.6) is 0 Å². The average molecular weight is 212 g/mol. The van der Waals surface area contributed by atoms with E-state index < -0.39 is 5.67 Å². The number of fused-ring (bicyclic) bond motifs is 1.